The molecule has 13 heavy (non-hydrogen) atoms. The molecular formula is C11H20O2. The third kappa shape index (κ3) is 7.19. The monoisotopic (exact) mass is 184 g/mol. The van der Waals surface area contributed by atoms with Crippen molar-refractivity contribution in [2.75, 3.05) is 0 Å². The molecule has 1 aromatic carbocycles. The van der Waals surface area contributed by atoms with Crippen molar-refractivity contribution in [3.8, 4) is 11.5 Å². The topological polar surface area (TPSA) is 40.5 Å². The SMILES string of the molecule is CC.CC.Cc1cc(O)cc(O)c1. The molecule has 2 heteroatoms. The second kappa shape index (κ2) is 8.91. The van der Waals surface area contributed by atoms with Crippen LogP contribution in [0.2, 0.25) is 0 Å². The van der Waals surface area contributed by atoms with Gasteiger partial charge in [-0.1, -0.05) is 27.7 Å². The van der Waals surface area contributed by atoms with Gasteiger partial charge in [-0.25, -0.2) is 0 Å². The van der Waals surface area contributed by atoms with Gasteiger partial charge < -0.3 is 10.2 Å². The molecule has 0 amide bonds. The number of rotatable bonds is 0. The highest BCUT2D eigenvalue weighted by Crippen LogP contribution is 2.18. The molecule has 0 saturated carbocycles. The molecule has 0 fully saturated rings. The van der Waals surface area contributed by atoms with Crippen LogP contribution in [0.25, 0.3) is 0 Å². The lowest BCUT2D eigenvalue weighted by molar-refractivity contribution is 0.450. The molecule has 0 spiro atoms. The van der Waals surface area contributed by atoms with Crippen molar-refractivity contribution in [3.63, 3.8) is 0 Å². The van der Waals surface area contributed by atoms with E-state index in [9.17, 15) is 0 Å². The maximum Gasteiger partial charge on any atom is 0.119 e. The van der Waals surface area contributed by atoms with Gasteiger partial charge in [-0.3, -0.25) is 0 Å². The van der Waals surface area contributed by atoms with Gasteiger partial charge >= 0.3 is 0 Å². The Bertz CT molecular complexity index is 169. The number of benzene rings is 1. The highest BCUT2D eigenvalue weighted by Gasteiger charge is 1.91. The predicted molar refractivity (Wildman–Crippen MR) is 57.2 cm³/mol. The van der Waals surface area contributed by atoms with Gasteiger partial charge in [0.05, 0.1) is 0 Å². The Morgan fingerprint density at radius 2 is 1.08 bits per heavy atom. The average Bonchev–Trinajstić information content (AvgIpc) is 2.09. The fourth-order valence-corrected chi connectivity index (χ4v) is 0.743. The third-order valence-corrected chi connectivity index (χ3v) is 1.05. The van der Waals surface area contributed by atoms with Crippen LogP contribution in [-0.2, 0) is 0 Å². The van der Waals surface area contributed by atoms with Crippen LogP contribution in [0.3, 0.4) is 0 Å². The first-order valence-electron chi connectivity index (χ1n) is 4.68. The minimum atomic E-state index is 0.104. The Balaban J connectivity index is 0. The van der Waals surface area contributed by atoms with Gasteiger partial charge in [0.25, 0.3) is 0 Å². The molecule has 1 aromatic rings. The Kier molecular flexibility index (Phi) is 9.84. The largest absolute Gasteiger partial charge is 0.508 e. The van der Waals surface area contributed by atoms with Crippen LogP contribution in [0.4, 0.5) is 0 Å². The fourth-order valence-electron chi connectivity index (χ4n) is 0.743. The molecule has 1 rings (SSSR count). The quantitative estimate of drug-likeness (QED) is 0.648. The highest BCUT2D eigenvalue weighted by molar-refractivity contribution is 5.35. The zero-order valence-corrected chi connectivity index (χ0v) is 9.13. The van der Waals surface area contributed by atoms with E-state index in [1.54, 1.807) is 19.1 Å². The molecule has 0 aromatic heterocycles. The Hall–Kier alpha value is -1.18. The summed E-state index contributed by atoms with van der Waals surface area (Å²) in [7, 11) is 0. The van der Waals surface area contributed by atoms with Crippen LogP contribution < -0.4 is 0 Å². The second-order valence-electron chi connectivity index (χ2n) is 2.03. The Morgan fingerprint density at radius 3 is 1.31 bits per heavy atom. The molecule has 0 radical (unpaired) electrons. The first-order valence-corrected chi connectivity index (χ1v) is 4.68. The molecule has 0 aliphatic rings. The van der Waals surface area contributed by atoms with Crippen molar-refractivity contribution in [3.05, 3.63) is 23.8 Å². The van der Waals surface area contributed by atoms with E-state index >= 15 is 0 Å². The number of hydrogen-bond donors (Lipinski definition) is 2. The standard InChI is InChI=1S/C7H8O2.2C2H6/c1-5-2-6(8)4-7(9)3-5;2*1-2/h2-4,8-9H,1H3;2*1-2H3. The Labute approximate surface area is 80.9 Å². The summed E-state index contributed by atoms with van der Waals surface area (Å²) in [6.45, 7) is 9.80. The zero-order valence-electron chi connectivity index (χ0n) is 9.13. The van der Waals surface area contributed by atoms with Gasteiger partial charge in [0.2, 0.25) is 0 Å². The summed E-state index contributed by atoms with van der Waals surface area (Å²) >= 11 is 0. The van der Waals surface area contributed by atoms with Crippen molar-refractivity contribution in [1.82, 2.24) is 0 Å². The molecule has 0 aliphatic heterocycles. The lowest BCUT2D eigenvalue weighted by Crippen LogP contribution is -1.70. The van der Waals surface area contributed by atoms with Gasteiger partial charge in [0.15, 0.2) is 0 Å². The summed E-state index contributed by atoms with van der Waals surface area (Å²) in [4.78, 5) is 0. The van der Waals surface area contributed by atoms with Crippen LogP contribution in [-0.4, -0.2) is 10.2 Å². The summed E-state index contributed by atoms with van der Waals surface area (Å²) in [5.41, 5.74) is 0.854. The predicted octanol–water partition coefficient (Wildman–Crippen LogP) is 3.46. The van der Waals surface area contributed by atoms with Gasteiger partial charge in [-0.05, 0) is 24.6 Å². The summed E-state index contributed by atoms with van der Waals surface area (Å²) in [5, 5.41) is 17.7. The highest BCUT2D eigenvalue weighted by atomic mass is 16.3. The van der Waals surface area contributed by atoms with E-state index in [4.69, 9.17) is 10.2 Å². The summed E-state index contributed by atoms with van der Waals surface area (Å²) in [6.07, 6.45) is 0. The Morgan fingerprint density at radius 1 is 0.769 bits per heavy atom. The molecule has 0 heterocycles. The van der Waals surface area contributed by atoms with E-state index in [-0.39, 0.29) is 11.5 Å². The summed E-state index contributed by atoms with van der Waals surface area (Å²) in [5.74, 6) is 0.208. The maximum absolute atomic E-state index is 8.83. The number of phenols is 2. The number of phenolic OH excluding ortho intramolecular Hbond substituents is 2. The molecular weight excluding hydrogens is 164 g/mol. The lowest BCUT2D eigenvalue weighted by atomic mass is 10.2. The molecule has 2 N–H and O–H groups in total. The van der Waals surface area contributed by atoms with E-state index in [0.717, 1.165) is 5.56 Å². The first kappa shape index (κ1) is 14.3. The zero-order chi connectivity index (χ0) is 10.9. The molecule has 76 valence electrons. The van der Waals surface area contributed by atoms with Crippen LogP contribution in [0, 0.1) is 6.92 Å². The van der Waals surface area contributed by atoms with E-state index in [0.29, 0.717) is 0 Å². The third-order valence-electron chi connectivity index (χ3n) is 1.05. The van der Waals surface area contributed by atoms with E-state index < -0.39 is 0 Å². The van der Waals surface area contributed by atoms with Crippen molar-refractivity contribution in [1.29, 1.82) is 0 Å². The van der Waals surface area contributed by atoms with Crippen molar-refractivity contribution in [2.24, 2.45) is 0 Å². The van der Waals surface area contributed by atoms with Crippen LogP contribution >= 0.6 is 0 Å². The second-order valence-corrected chi connectivity index (χ2v) is 2.03. The molecule has 0 aliphatic carbocycles. The summed E-state index contributed by atoms with van der Waals surface area (Å²) < 4.78 is 0. The van der Waals surface area contributed by atoms with Gasteiger partial charge in [-0.15, -0.1) is 0 Å². The van der Waals surface area contributed by atoms with E-state index in [2.05, 4.69) is 0 Å². The number of aryl methyl sites for hydroxylation is 1. The van der Waals surface area contributed by atoms with Gasteiger partial charge in [-0.2, -0.15) is 0 Å². The normalized spacial score (nSPS) is 7.46. The minimum absolute atomic E-state index is 0.104. The molecule has 0 unspecified atom stereocenters. The molecule has 0 atom stereocenters. The smallest absolute Gasteiger partial charge is 0.119 e. The number of hydrogen-bond acceptors (Lipinski definition) is 2. The summed E-state index contributed by atoms with van der Waals surface area (Å²) in [6, 6.07) is 4.46. The van der Waals surface area contributed by atoms with Crippen LogP contribution in [0.1, 0.15) is 33.3 Å². The van der Waals surface area contributed by atoms with Gasteiger partial charge in [0.1, 0.15) is 11.5 Å². The van der Waals surface area contributed by atoms with E-state index in [1.807, 2.05) is 27.7 Å². The molecule has 0 saturated heterocycles. The minimum Gasteiger partial charge on any atom is -0.508 e. The van der Waals surface area contributed by atoms with Crippen molar-refractivity contribution < 1.29 is 10.2 Å². The van der Waals surface area contributed by atoms with Gasteiger partial charge in [0, 0.05) is 6.07 Å². The molecule has 2 nitrogen and oxygen atoms in total. The average molecular weight is 184 g/mol. The maximum atomic E-state index is 8.83. The van der Waals surface area contributed by atoms with Crippen LogP contribution in [0.15, 0.2) is 18.2 Å². The number of aromatic hydroxyl groups is 2. The first-order chi connectivity index (χ1) is 6.18. The fraction of sp³-hybridized carbons (Fsp3) is 0.455. The van der Waals surface area contributed by atoms with Crippen molar-refractivity contribution in [2.45, 2.75) is 34.6 Å². The van der Waals surface area contributed by atoms with E-state index in [1.165, 1.54) is 6.07 Å². The lowest BCUT2D eigenvalue weighted by Gasteiger charge is -1.94. The van der Waals surface area contributed by atoms with Crippen molar-refractivity contribution >= 4 is 0 Å². The molecule has 0 bridgehead atoms. The van der Waals surface area contributed by atoms with Crippen LogP contribution in [0.5, 0.6) is 11.5 Å².